The van der Waals surface area contributed by atoms with E-state index in [0.717, 1.165) is 49.2 Å². The van der Waals surface area contributed by atoms with Gasteiger partial charge < -0.3 is 5.32 Å². The number of unbranched alkanes of at least 4 members (excludes halogenated alkanes) is 1. The van der Waals surface area contributed by atoms with Gasteiger partial charge in [0, 0.05) is 11.6 Å². The van der Waals surface area contributed by atoms with Crippen LogP contribution in [0.1, 0.15) is 44.6 Å². The fourth-order valence-electron chi connectivity index (χ4n) is 2.49. The Kier molecular flexibility index (Phi) is 4.28. The monoisotopic (exact) mass is 265 g/mol. The van der Waals surface area contributed by atoms with Gasteiger partial charge in [0.2, 0.25) is 5.91 Å². The zero-order valence-electron chi connectivity index (χ0n) is 10.8. The molecule has 0 aliphatic heterocycles. The minimum absolute atomic E-state index is 0.185. The van der Waals surface area contributed by atoms with Crippen LogP contribution in [-0.4, -0.2) is 12.5 Å². The summed E-state index contributed by atoms with van der Waals surface area (Å²) in [5.74, 6) is 0.185. The highest BCUT2D eigenvalue weighted by atomic mass is 35.5. The van der Waals surface area contributed by atoms with Crippen LogP contribution in [0.5, 0.6) is 0 Å². The van der Waals surface area contributed by atoms with Crippen molar-refractivity contribution in [2.45, 2.75) is 44.4 Å². The number of halogens is 1. The maximum Gasteiger partial charge on any atom is 0.230 e. The van der Waals surface area contributed by atoms with E-state index in [0.29, 0.717) is 0 Å². The Morgan fingerprint density at radius 2 is 2.00 bits per heavy atom. The highest BCUT2D eigenvalue weighted by Crippen LogP contribution is 2.44. The molecule has 1 saturated carbocycles. The van der Waals surface area contributed by atoms with Gasteiger partial charge in [0.15, 0.2) is 0 Å². The Labute approximate surface area is 114 Å². The van der Waals surface area contributed by atoms with Crippen molar-refractivity contribution in [3.63, 3.8) is 0 Å². The minimum Gasteiger partial charge on any atom is -0.355 e. The minimum atomic E-state index is -0.293. The van der Waals surface area contributed by atoms with Crippen LogP contribution in [0.3, 0.4) is 0 Å². The first-order valence-corrected chi connectivity index (χ1v) is 7.11. The summed E-state index contributed by atoms with van der Waals surface area (Å²) in [6.45, 7) is 2.91. The number of benzene rings is 1. The van der Waals surface area contributed by atoms with Crippen molar-refractivity contribution in [1.29, 1.82) is 0 Å². The molecule has 3 heteroatoms. The van der Waals surface area contributed by atoms with Gasteiger partial charge in [-0.3, -0.25) is 4.79 Å². The standard InChI is InChI=1S/C15H20ClNO/c1-2-3-11-17-14(18)15(9-4-10-15)12-5-7-13(16)8-6-12/h5-8H,2-4,9-11H2,1H3,(H,17,18). The van der Waals surface area contributed by atoms with Gasteiger partial charge in [0.25, 0.3) is 0 Å². The summed E-state index contributed by atoms with van der Waals surface area (Å²) in [5.41, 5.74) is 0.811. The number of carbonyl (C=O) groups is 1. The van der Waals surface area contributed by atoms with Crippen LogP contribution in [-0.2, 0) is 10.2 Å². The van der Waals surface area contributed by atoms with Gasteiger partial charge in [-0.2, -0.15) is 0 Å². The van der Waals surface area contributed by atoms with E-state index in [2.05, 4.69) is 12.2 Å². The number of hydrogen-bond acceptors (Lipinski definition) is 1. The summed E-state index contributed by atoms with van der Waals surface area (Å²) in [4.78, 5) is 12.4. The van der Waals surface area contributed by atoms with Crippen molar-refractivity contribution in [3.05, 3.63) is 34.9 Å². The number of rotatable bonds is 5. The lowest BCUT2D eigenvalue weighted by molar-refractivity contribution is -0.129. The zero-order valence-corrected chi connectivity index (χ0v) is 11.6. The molecule has 1 aliphatic carbocycles. The third-order valence-electron chi connectivity index (χ3n) is 3.85. The summed E-state index contributed by atoms with van der Waals surface area (Å²) < 4.78 is 0. The first-order valence-electron chi connectivity index (χ1n) is 6.73. The Bertz CT molecular complexity index is 409. The van der Waals surface area contributed by atoms with Gasteiger partial charge in [0.1, 0.15) is 0 Å². The molecule has 2 nitrogen and oxygen atoms in total. The summed E-state index contributed by atoms with van der Waals surface area (Å²) in [6.07, 6.45) is 5.18. The molecule has 1 amide bonds. The first kappa shape index (κ1) is 13.4. The molecule has 0 bridgehead atoms. The Hall–Kier alpha value is -1.02. The summed E-state index contributed by atoms with van der Waals surface area (Å²) in [5, 5.41) is 3.79. The molecule has 98 valence electrons. The maximum atomic E-state index is 12.4. The normalized spacial score (nSPS) is 17.0. The van der Waals surface area contributed by atoms with Crippen LogP contribution in [0.2, 0.25) is 5.02 Å². The number of carbonyl (C=O) groups excluding carboxylic acids is 1. The number of amides is 1. The molecular formula is C15H20ClNO. The largest absolute Gasteiger partial charge is 0.355 e. The molecule has 0 spiro atoms. The quantitative estimate of drug-likeness (QED) is 0.809. The Balaban J connectivity index is 2.10. The summed E-state index contributed by atoms with van der Waals surface area (Å²) in [7, 11) is 0. The van der Waals surface area contributed by atoms with Crippen molar-refractivity contribution in [3.8, 4) is 0 Å². The highest BCUT2D eigenvalue weighted by molar-refractivity contribution is 6.30. The van der Waals surface area contributed by atoms with Gasteiger partial charge in [-0.15, -0.1) is 0 Å². The van der Waals surface area contributed by atoms with E-state index >= 15 is 0 Å². The molecule has 1 N–H and O–H groups in total. The van der Waals surface area contributed by atoms with Crippen molar-refractivity contribution in [2.75, 3.05) is 6.54 Å². The lowest BCUT2D eigenvalue weighted by atomic mass is 9.64. The van der Waals surface area contributed by atoms with Crippen molar-refractivity contribution >= 4 is 17.5 Å². The zero-order chi connectivity index (χ0) is 13.0. The SMILES string of the molecule is CCCCNC(=O)C1(c2ccc(Cl)cc2)CCC1. The van der Waals surface area contributed by atoms with Crippen molar-refractivity contribution < 1.29 is 4.79 Å². The van der Waals surface area contributed by atoms with E-state index in [1.165, 1.54) is 0 Å². The summed E-state index contributed by atoms with van der Waals surface area (Å²) >= 11 is 5.90. The predicted octanol–water partition coefficient (Wildman–Crippen LogP) is 3.68. The molecule has 1 fully saturated rings. The second-order valence-electron chi connectivity index (χ2n) is 5.05. The highest BCUT2D eigenvalue weighted by Gasteiger charge is 2.45. The second kappa shape index (κ2) is 5.75. The second-order valence-corrected chi connectivity index (χ2v) is 5.49. The van der Waals surface area contributed by atoms with Crippen LogP contribution < -0.4 is 5.32 Å². The van der Waals surface area contributed by atoms with Crippen LogP contribution in [0.15, 0.2) is 24.3 Å². The van der Waals surface area contributed by atoms with Crippen molar-refractivity contribution in [2.24, 2.45) is 0 Å². The third-order valence-corrected chi connectivity index (χ3v) is 4.11. The number of hydrogen-bond donors (Lipinski definition) is 1. The molecule has 1 aromatic carbocycles. The molecule has 1 aliphatic rings. The molecule has 1 aromatic rings. The Morgan fingerprint density at radius 3 is 2.50 bits per heavy atom. The third kappa shape index (κ3) is 2.54. The molecule has 2 rings (SSSR count). The predicted molar refractivity (Wildman–Crippen MR) is 74.9 cm³/mol. The van der Waals surface area contributed by atoms with Crippen molar-refractivity contribution in [1.82, 2.24) is 5.32 Å². The summed E-state index contributed by atoms with van der Waals surface area (Å²) in [6, 6.07) is 7.72. The molecule has 0 heterocycles. The maximum absolute atomic E-state index is 12.4. The molecule has 18 heavy (non-hydrogen) atoms. The molecule has 0 saturated heterocycles. The number of nitrogens with one attached hydrogen (secondary N) is 1. The molecule has 0 atom stereocenters. The van der Waals surface area contributed by atoms with Gasteiger partial charge in [0.05, 0.1) is 5.41 Å². The molecule has 0 radical (unpaired) electrons. The van der Waals surface area contributed by atoms with Crippen LogP contribution in [0.4, 0.5) is 0 Å². The smallest absolute Gasteiger partial charge is 0.230 e. The van der Waals surface area contributed by atoms with E-state index in [-0.39, 0.29) is 11.3 Å². The fourth-order valence-corrected chi connectivity index (χ4v) is 2.62. The van der Waals surface area contributed by atoms with E-state index in [4.69, 9.17) is 11.6 Å². The van der Waals surface area contributed by atoms with Gasteiger partial charge in [-0.05, 0) is 37.0 Å². The van der Waals surface area contributed by atoms with Crippen LogP contribution in [0, 0.1) is 0 Å². The average molecular weight is 266 g/mol. The van der Waals surface area contributed by atoms with E-state index in [1.54, 1.807) is 0 Å². The van der Waals surface area contributed by atoms with Crippen LogP contribution >= 0.6 is 11.6 Å². The average Bonchev–Trinajstić information content (AvgIpc) is 2.30. The van der Waals surface area contributed by atoms with E-state index < -0.39 is 0 Å². The van der Waals surface area contributed by atoms with Gasteiger partial charge in [-0.1, -0.05) is 43.5 Å². The topological polar surface area (TPSA) is 29.1 Å². The lowest BCUT2D eigenvalue weighted by Crippen LogP contribution is -2.49. The van der Waals surface area contributed by atoms with E-state index in [9.17, 15) is 4.79 Å². The fraction of sp³-hybridized carbons (Fsp3) is 0.533. The molecule has 0 unspecified atom stereocenters. The van der Waals surface area contributed by atoms with Gasteiger partial charge >= 0.3 is 0 Å². The van der Waals surface area contributed by atoms with Crippen LogP contribution in [0.25, 0.3) is 0 Å². The first-order chi connectivity index (χ1) is 8.69. The molecule has 0 aromatic heterocycles. The van der Waals surface area contributed by atoms with E-state index in [1.807, 2.05) is 24.3 Å². The lowest BCUT2D eigenvalue weighted by Gasteiger charge is -2.40. The van der Waals surface area contributed by atoms with Gasteiger partial charge in [-0.25, -0.2) is 0 Å². The molecular weight excluding hydrogens is 246 g/mol. The Morgan fingerprint density at radius 1 is 1.33 bits per heavy atom.